The van der Waals surface area contributed by atoms with Crippen LogP contribution in [0.2, 0.25) is 0 Å². The lowest BCUT2D eigenvalue weighted by atomic mass is 9.88. The molecule has 1 aromatic rings. The van der Waals surface area contributed by atoms with Gasteiger partial charge in [-0.3, -0.25) is 0 Å². The minimum Gasteiger partial charge on any atom is -0.496 e. The van der Waals surface area contributed by atoms with Gasteiger partial charge >= 0.3 is 0 Å². The molecular formula is C13H18FNO2. The molecule has 0 unspecified atom stereocenters. The first-order chi connectivity index (χ1) is 8.27. The van der Waals surface area contributed by atoms with Crippen molar-refractivity contribution in [3.8, 4) is 11.5 Å². The number of piperidine rings is 1. The van der Waals surface area contributed by atoms with E-state index in [0.29, 0.717) is 11.7 Å². The summed E-state index contributed by atoms with van der Waals surface area (Å²) in [6, 6.07) is 3.07. The molecule has 0 spiro atoms. The van der Waals surface area contributed by atoms with Crippen molar-refractivity contribution >= 4 is 0 Å². The van der Waals surface area contributed by atoms with E-state index in [9.17, 15) is 4.39 Å². The monoisotopic (exact) mass is 239 g/mol. The van der Waals surface area contributed by atoms with Gasteiger partial charge in [-0.25, -0.2) is 4.39 Å². The summed E-state index contributed by atoms with van der Waals surface area (Å²) in [4.78, 5) is 0. The number of hydrogen-bond acceptors (Lipinski definition) is 3. The van der Waals surface area contributed by atoms with Gasteiger partial charge in [0.2, 0.25) is 0 Å². The molecule has 17 heavy (non-hydrogen) atoms. The maximum atomic E-state index is 13.7. The highest BCUT2D eigenvalue weighted by molar-refractivity contribution is 5.48. The third kappa shape index (κ3) is 2.36. The Morgan fingerprint density at radius 3 is 2.47 bits per heavy atom. The van der Waals surface area contributed by atoms with E-state index in [1.54, 1.807) is 13.2 Å². The largest absolute Gasteiger partial charge is 0.496 e. The van der Waals surface area contributed by atoms with Gasteiger partial charge in [0.1, 0.15) is 5.75 Å². The predicted octanol–water partition coefficient (Wildman–Crippen LogP) is 2.31. The molecule has 1 aromatic carbocycles. The molecule has 0 radical (unpaired) electrons. The van der Waals surface area contributed by atoms with Crippen LogP contribution in [0.3, 0.4) is 0 Å². The van der Waals surface area contributed by atoms with Gasteiger partial charge < -0.3 is 14.8 Å². The van der Waals surface area contributed by atoms with E-state index in [2.05, 4.69) is 5.32 Å². The van der Waals surface area contributed by atoms with Crippen molar-refractivity contribution in [2.45, 2.75) is 18.8 Å². The second-order valence-corrected chi connectivity index (χ2v) is 4.22. The normalized spacial score (nSPS) is 16.9. The molecule has 0 amide bonds. The summed E-state index contributed by atoms with van der Waals surface area (Å²) in [7, 11) is 3.11. The molecule has 1 fully saturated rings. The van der Waals surface area contributed by atoms with Crippen molar-refractivity contribution in [2.75, 3.05) is 27.3 Å². The van der Waals surface area contributed by atoms with Gasteiger partial charge in [-0.2, -0.15) is 0 Å². The Labute approximate surface area is 101 Å². The summed E-state index contributed by atoms with van der Waals surface area (Å²) in [5, 5.41) is 3.30. The van der Waals surface area contributed by atoms with Crippen LogP contribution in [0.25, 0.3) is 0 Å². The summed E-state index contributed by atoms with van der Waals surface area (Å²) in [6.45, 7) is 1.90. The zero-order valence-electron chi connectivity index (χ0n) is 10.3. The maximum Gasteiger partial charge on any atom is 0.165 e. The fourth-order valence-corrected chi connectivity index (χ4v) is 2.44. The smallest absolute Gasteiger partial charge is 0.165 e. The third-order valence-electron chi connectivity index (χ3n) is 3.28. The van der Waals surface area contributed by atoms with Gasteiger partial charge in [0.05, 0.1) is 14.2 Å². The molecule has 1 saturated heterocycles. The average Bonchev–Trinajstić information content (AvgIpc) is 2.39. The van der Waals surface area contributed by atoms with Crippen LogP contribution in [-0.2, 0) is 0 Å². The SMILES string of the molecule is COc1ccc(F)c(OC)c1C1CCNCC1. The van der Waals surface area contributed by atoms with Gasteiger partial charge in [0, 0.05) is 5.56 Å². The molecule has 0 saturated carbocycles. The van der Waals surface area contributed by atoms with E-state index in [0.717, 1.165) is 37.2 Å². The first-order valence-corrected chi connectivity index (χ1v) is 5.89. The number of benzene rings is 1. The molecule has 0 atom stereocenters. The maximum absolute atomic E-state index is 13.7. The van der Waals surface area contributed by atoms with Crippen molar-refractivity contribution < 1.29 is 13.9 Å². The number of hydrogen-bond donors (Lipinski definition) is 1. The first-order valence-electron chi connectivity index (χ1n) is 5.89. The molecule has 4 heteroatoms. The topological polar surface area (TPSA) is 30.5 Å². The van der Waals surface area contributed by atoms with E-state index in [1.807, 2.05) is 0 Å². The summed E-state index contributed by atoms with van der Waals surface area (Å²) >= 11 is 0. The summed E-state index contributed by atoms with van der Waals surface area (Å²) in [5.74, 6) is 1.03. The van der Waals surface area contributed by atoms with Crippen molar-refractivity contribution in [3.63, 3.8) is 0 Å². The van der Waals surface area contributed by atoms with Crippen molar-refractivity contribution in [3.05, 3.63) is 23.5 Å². The Kier molecular flexibility index (Phi) is 3.84. The number of ether oxygens (including phenoxy) is 2. The Morgan fingerprint density at radius 1 is 1.18 bits per heavy atom. The average molecular weight is 239 g/mol. The van der Waals surface area contributed by atoms with Gasteiger partial charge in [-0.15, -0.1) is 0 Å². The zero-order chi connectivity index (χ0) is 12.3. The second kappa shape index (κ2) is 5.36. The lowest BCUT2D eigenvalue weighted by Crippen LogP contribution is -2.27. The molecule has 0 bridgehead atoms. The Morgan fingerprint density at radius 2 is 1.88 bits per heavy atom. The van der Waals surface area contributed by atoms with Gasteiger partial charge in [0.25, 0.3) is 0 Å². The summed E-state index contributed by atoms with van der Waals surface area (Å²) < 4.78 is 24.3. The quantitative estimate of drug-likeness (QED) is 0.878. The number of methoxy groups -OCH3 is 2. The van der Waals surface area contributed by atoms with Crippen LogP contribution in [0.5, 0.6) is 11.5 Å². The number of rotatable bonds is 3. The Balaban J connectivity index is 2.43. The molecule has 3 nitrogen and oxygen atoms in total. The van der Waals surface area contributed by atoms with Crippen LogP contribution in [0.15, 0.2) is 12.1 Å². The molecule has 0 aromatic heterocycles. The second-order valence-electron chi connectivity index (χ2n) is 4.22. The Bertz CT molecular complexity index is 389. The summed E-state index contributed by atoms with van der Waals surface area (Å²) in [6.07, 6.45) is 1.96. The van der Waals surface area contributed by atoms with Gasteiger partial charge in [-0.1, -0.05) is 0 Å². The number of nitrogens with one attached hydrogen (secondary N) is 1. The van der Waals surface area contributed by atoms with Crippen molar-refractivity contribution in [1.82, 2.24) is 5.32 Å². The third-order valence-corrected chi connectivity index (χ3v) is 3.28. The first kappa shape index (κ1) is 12.2. The lowest BCUT2D eigenvalue weighted by molar-refractivity contribution is 0.348. The van der Waals surface area contributed by atoms with Crippen LogP contribution in [0, 0.1) is 5.82 Å². The highest BCUT2D eigenvalue weighted by Gasteiger charge is 2.25. The molecule has 0 aliphatic carbocycles. The molecule has 1 aliphatic heterocycles. The minimum atomic E-state index is -0.318. The van der Waals surface area contributed by atoms with E-state index < -0.39 is 0 Å². The molecule has 2 rings (SSSR count). The van der Waals surface area contributed by atoms with Gasteiger partial charge in [-0.05, 0) is 44.0 Å². The predicted molar refractivity (Wildman–Crippen MR) is 64.3 cm³/mol. The minimum absolute atomic E-state index is 0.303. The summed E-state index contributed by atoms with van der Waals surface area (Å²) in [5.41, 5.74) is 0.872. The molecule has 1 aliphatic rings. The fraction of sp³-hybridized carbons (Fsp3) is 0.538. The van der Waals surface area contributed by atoms with Crippen LogP contribution in [0.1, 0.15) is 24.3 Å². The van der Waals surface area contributed by atoms with Crippen LogP contribution in [0.4, 0.5) is 4.39 Å². The van der Waals surface area contributed by atoms with Crippen LogP contribution in [-0.4, -0.2) is 27.3 Å². The van der Waals surface area contributed by atoms with E-state index >= 15 is 0 Å². The molecule has 1 heterocycles. The van der Waals surface area contributed by atoms with E-state index in [1.165, 1.54) is 13.2 Å². The van der Waals surface area contributed by atoms with Gasteiger partial charge in [0.15, 0.2) is 11.6 Å². The highest BCUT2D eigenvalue weighted by atomic mass is 19.1. The Hall–Kier alpha value is -1.29. The standard InChI is InChI=1S/C13H18FNO2/c1-16-11-4-3-10(14)13(17-2)12(11)9-5-7-15-8-6-9/h3-4,9,15H,5-8H2,1-2H3. The van der Waals surface area contributed by atoms with Crippen molar-refractivity contribution in [1.29, 1.82) is 0 Å². The van der Waals surface area contributed by atoms with E-state index in [-0.39, 0.29) is 5.82 Å². The van der Waals surface area contributed by atoms with Crippen molar-refractivity contribution in [2.24, 2.45) is 0 Å². The lowest BCUT2D eigenvalue weighted by Gasteiger charge is -2.26. The molecule has 94 valence electrons. The fourth-order valence-electron chi connectivity index (χ4n) is 2.44. The molecule has 1 N–H and O–H groups in total. The molecular weight excluding hydrogens is 221 g/mol. The van der Waals surface area contributed by atoms with Crippen LogP contribution < -0.4 is 14.8 Å². The number of halogens is 1. The van der Waals surface area contributed by atoms with E-state index in [4.69, 9.17) is 9.47 Å². The van der Waals surface area contributed by atoms with Crippen LogP contribution >= 0.6 is 0 Å². The zero-order valence-corrected chi connectivity index (χ0v) is 10.3. The highest BCUT2D eigenvalue weighted by Crippen LogP contribution is 2.40.